The Kier molecular flexibility index (Phi) is 2.68. The second kappa shape index (κ2) is 3.56. The van der Waals surface area contributed by atoms with E-state index in [9.17, 15) is 9.59 Å². The average Bonchev–Trinajstić information content (AvgIpc) is 2.34. The molecule has 0 unspecified atom stereocenters. The topological polar surface area (TPSA) is 58.2 Å². The van der Waals surface area contributed by atoms with Gasteiger partial charge in [0.1, 0.15) is 6.04 Å². The Morgan fingerprint density at radius 2 is 2.33 bits per heavy atom. The maximum absolute atomic E-state index is 11.3. The first-order valence-corrected chi connectivity index (χ1v) is 4.19. The van der Waals surface area contributed by atoms with Crippen LogP contribution < -0.4 is 10.6 Å². The molecule has 0 aromatic rings. The Labute approximate surface area is 71.7 Å². The Morgan fingerprint density at radius 1 is 1.67 bits per heavy atom. The molecule has 1 rings (SSSR count). The van der Waals surface area contributed by atoms with Crippen molar-refractivity contribution in [2.75, 3.05) is 0 Å². The van der Waals surface area contributed by atoms with Gasteiger partial charge in [0, 0.05) is 12.5 Å². The zero-order chi connectivity index (χ0) is 9.14. The van der Waals surface area contributed by atoms with Crippen LogP contribution in [0.1, 0.15) is 26.7 Å². The van der Waals surface area contributed by atoms with Crippen LogP contribution in [0.3, 0.4) is 0 Å². The van der Waals surface area contributed by atoms with Gasteiger partial charge >= 0.3 is 0 Å². The normalized spacial score (nSPS) is 22.6. The summed E-state index contributed by atoms with van der Waals surface area (Å²) in [4.78, 5) is 22.0. The number of hydrogen-bond donors (Lipinski definition) is 2. The molecule has 0 aliphatic carbocycles. The molecule has 1 aliphatic rings. The van der Waals surface area contributed by atoms with Crippen molar-refractivity contribution in [2.24, 2.45) is 0 Å². The third-order valence-electron chi connectivity index (χ3n) is 1.74. The van der Waals surface area contributed by atoms with E-state index in [1.54, 1.807) is 0 Å². The van der Waals surface area contributed by atoms with Gasteiger partial charge in [-0.3, -0.25) is 9.59 Å². The molecule has 0 aromatic heterocycles. The van der Waals surface area contributed by atoms with Gasteiger partial charge in [-0.2, -0.15) is 0 Å². The van der Waals surface area contributed by atoms with Crippen molar-refractivity contribution in [2.45, 2.75) is 38.8 Å². The molecule has 4 nitrogen and oxygen atoms in total. The van der Waals surface area contributed by atoms with E-state index >= 15 is 0 Å². The van der Waals surface area contributed by atoms with Gasteiger partial charge in [0.05, 0.1) is 0 Å². The van der Waals surface area contributed by atoms with E-state index in [1.165, 1.54) is 0 Å². The van der Waals surface area contributed by atoms with E-state index in [0.717, 1.165) is 0 Å². The minimum atomic E-state index is -0.306. The van der Waals surface area contributed by atoms with Crippen LogP contribution in [0.25, 0.3) is 0 Å². The van der Waals surface area contributed by atoms with E-state index in [4.69, 9.17) is 0 Å². The Bertz CT molecular complexity index is 201. The minimum absolute atomic E-state index is 0.0288. The molecule has 0 spiro atoms. The predicted molar refractivity (Wildman–Crippen MR) is 44.4 cm³/mol. The molecule has 0 bridgehead atoms. The summed E-state index contributed by atoms with van der Waals surface area (Å²) in [5, 5.41) is 5.36. The van der Waals surface area contributed by atoms with Crippen molar-refractivity contribution in [3.63, 3.8) is 0 Å². The monoisotopic (exact) mass is 170 g/mol. The van der Waals surface area contributed by atoms with Crippen LogP contribution >= 0.6 is 0 Å². The molecular formula is C8H14N2O2. The van der Waals surface area contributed by atoms with Gasteiger partial charge in [0.15, 0.2) is 0 Å². The SMILES string of the molecule is CC(C)NC(=O)[C@@H]1CCC(=O)N1. The quantitative estimate of drug-likeness (QED) is 0.602. The van der Waals surface area contributed by atoms with E-state index < -0.39 is 0 Å². The fourth-order valence-corrected chi connectivity index (χ4v) is 1.20. The number of hydrogen-bond acceptors (Lipinski definition) is 2. The van der Waals surface area contributed by atoms with E-state index in [1.807, 2.05) is 13.8 Å². The number of carbonyl (C=O) groups is 2. The first-order chi connectivity index (χ1) is 5.59. The molecular weight excluding hydrogens is 156 g/mol. The van der Waals surface area contributed by atoms with Gasteiger partial charge in [-0.05, 0) is 20.3 Å². The van der Waals surface area contributed by atoms with E-state index in [-0.39, 0.29) is 23.9 Å². The van der Waals surface area contributed by atoms with Crippen LogP contribution in [0.2, 0.25) is 0 Å². The molecule has 1 saturated heterocycles. The van der Waals surface area contributed by atoms with Crippen LogP contribution in [0, 0.1) is 0 Å². The summed E-state index contributed by atoms with van der Waals surface area (Å²) in [6.45, 7) is 3.79. The number of amides is 2. The largest absolute Gasteiger partial charge is 0.352 e. The standard InChI is InChI=1S/C8H14N2O2/c1-5(2)9-8(12)6-3-4-7(11)10-6/h5-6H,3-4H2,1-2H3,(H,9,12)(H,10,11)/t6-/m0/s1. The highest BCUT2D eigenvalue weighted by Crippen LogP contribution is 2.06. The van der Waals surface area contributed by atoms with Crippen LogP contribution in [0.4, 0.5) is 0 Å². The smallest absolute Gasteiger partial charge is 0.242 e. The van der Waals surface area contributed by atoms with E-state index in [2.05, 4.69) is 10.6 Å². The summed E-state index contributed by atoms with van der Waals surface area (Å²) in [7, 11) is 0. The van der Waals surface area contributed by atoms with E-state index in [0.29, 0.717) is 12.8 Å². The molecule has 0 saturated carbocycles. The predicted octanol–water partition coefficient (Wildman–Crippen LogP) is -0.210. The fraction of sp³-hybridized carbons (Fsp3) is 0.750. The number of nitrogens with one attached hydrogen (secondary N) is 2. The Morgan fingerprint density at radius 3 is 2.75 bits per heavy atom. The molecule has 1 aliphatic heterocycles. The summed E-state index contributed by atoms with van der Waals surface area (Å²) in [6.07, 6.45) is 1.09. The zero-order valence-corrected chi connectivity index (χ0v) is 7.39. The molecule has 1 heterocycles. The van der Waals surface area contributed by atoms with Gasteiger partial charge in [-0.15, -0.1) is 0 Å². The van der Waals surface area contributed by atoms with Gasteiger partial charge in [0.2, 0.25) is 11.8 Å². The summed E-state index contributed by atoms with van der Waals surface area (Å²) in [5.74, 6) is -0.102. The fourth-order valence-electron chi connectivity index (χ4n) is 1.20. The zero-order valence-electron chi connectivity index (χ0n) is 7.39. The summed E-state index contributed by atoms with van der Waals surface area (Å²) >= 11 is 0. The molecule has 0 aromatic carbocycles. The highest BCUT2D eigenvalue weighted by molar-refractivity contribution is 5.90. The number of carbonyl (C=O) groups excluding carboxylic acids is 2. The highest BCUT2D eigenvalue weighted by atomic mass is 16.2. The van der Waals surface area contributed by atoms with Crippen molar-refractivity contribution in [1.29, 1.82) is 0 Å². The molecule has 1 fully saturated rings. The lowest BCUT2D eigenvalue weighted by atomic mass is 10.2. The lowest BCUT2D eigenvalue weighted by molar-refractivity contribution is -0.126. The molecule has 0 radical (unpaired) electrons. The lowest BCUT2D eigenvalue weighted by Gasteiger charge is -2.12. The number of rotatable bonds is 2. The van der Waals surface area contributed by atoms with Crippen molar-refractivity contribution in [3.05, 3.63) is 0 Å². The Balaban J connectivity index is 2.38. The van der Waals surface area contributed by atoms with Crippen molar-refractivity contribution < 1.29 is 9.59 Å². The lowest BCUT2D eigenvalue weighted by Crippen LogP contribution is -2.44. The average molecular weight is 170 g/mol. The summed E-state index contributed by atoms with van der Waals surface area (Å²) in [5.41, 5.74) is 0. The van der Waals surface area contributed by atoms with Crippen LogP contribution in [-0.4, -0.2) is 23.9 Å². The summed E-state index contributed by atoms with van der Waals surface area (Å²) in [6, 6.07) is -0.171. The second-order valence-corrected chi connectivity index (χ2v) is 3.32. The van der Waals surface area contributed by atoms with Gasteiger partial charge in [-0.25, -0.2) is 0 Å². The maximum Gasteiger partial charge on any atom is 0.242 e. The molecule has 4 heteroatoms. The van der Waals surface area contributed by atoms with Crippen LogP contribution in [-0.2, 0) is 9.59 Å². The molecule has 68 valence electrons. The molecule has 2 amide bonds. The van der Waals surface area contributed by atoms with Crippen LogP contribution in [0.5, 0.6) is 0 Å². The third-order valence-corrected chi connectivity index (χ3v) is 1.74. The van der Waals surface area contributed by atoms with Crippen molar-refractivity contribution in [1.82, 2.24) is 10.6 Å². The highest BCUT2D eigenvalue weighted by Gasteiger charge is 2.26. The van der Waals surface area contributed by atoms with Gasteiger partial charge in [-0.1, -0.05) is 0 Å². The second-order valence-electron chi connectivity index (χ2n) is 3.32. The molecule has 12 heavy (non-hydrogen) atoms. The summed E-state index contributed by atoms with van der Waals surface area (Å²) < 4.78 is 0. The molecule has 2 N–H and O–H groups in total. The third kappa shape index (κ3) is 2.22. The Hall–Kier alpha value is -1.06. The van der Waals surface area contributed by atoms with Crippen molar-refractivity contribution in [3.8, 4) is 0 Å². The van der Waals surface area contributed by atoms with Crippen molar-refractivity contribution >= 4 is 11.8 Å². The maximum atomic E-state index is 11.3. The first kappa shape index (κ1) is 9.03. The minimum Gasteiger partial charge on any atom is -0.352 e. The van der Waals surface area contributed by atoms with Gasteiger partial charge in [0.25, 0.3) is 0 Å². The molecule has 1 atom stereocenters. The van der Waals surface area contributed by atoms with Gasteiger partial charge < -0.3 is 10.6 Å². The first-order valence-electron chi connectivity index (χ1n) is 4.19. The van der Waals surface area contributed by atoms with Crippen LogP contribution in [0.15, 0.2) is 0 Å².